The summed E-state index contributed by atoms with van der Waals surface area (Å²) >= 11 is 0. The lowest BCUT2D eigenvalue weighted by molar-refractivity contribution is -0.0980. The molecule has 0 aromatic heterocycles. The molecule has 1 saturated heterocycles. The van der Waals surface area contributed by atoms with Crippen molar-refractivity contribution in [3.05, 3.63) is 0 Å². The fraction of sp³-hybridized carbons (Fsp3) is 0.917. The van der Waals surface area contributed by atoms with Gasteiger partial charge in [0.2, 0.25) is 0 Å². The largest absolute Gasteiger partial charge is 0.390 e. The Morgan fingerprint density at radius 2 is 2.27 bits per heavy atom. The Labute approximate surface area is 91.7 Å². The summed E-state index contributed by atoms with van der Waals surface area (Å²) in [4.78, 5) is 2.21. The highest BCUT2D eigenvalue weighted by molar-refractivity contribution is 4.99. The van der Waals surface area contributed by atoms with Gasteiger partial charge in [0.1, 0.15) is 0 Å². The van der Waals surface area contributed by atoms with Crippen LogP contribution >= 0.6 is 0 Å². The van der Waals surface area contributed by atoms with E-state index in [1.165, 1.54) is 12.8 Å². The van der Waals surface area contributed by atoms with Crippen molar-refractivity contribution in [2.45, 2.75) is 50.7 Å². The van der Waals surface area contributed by atoms with Gasteiger partial charge in [-0.3, -0.25) is 4.90 Å². The van der Waals surface area contributed by atoms with E-state index in [0.717, 1.165) is 32.4 Å². The fourth-order valence-electron chi connectivity index (χ4n) is 3.03. The van der Waals surface area contributed by atoms with E-state index in [9.17, 15) is 5.11 Å². The molecule has 1 aliphatic carbocycles. The Morgan fingerprint density at radius 1 is 1.47 bits per heavy atom. The van der Waals surface area contributed by atoms with Gasteiger partial charge in [-0.2, -0.15) is 5.26 Å². The van der Waals surface area contributed by atoms with Gasteiger partial charge in [0.25, 0.3) is 0 Å². The molecule has 0 aromatic rings. The standard InChI is InChI=1S/C12H20N2O/c1-10(8-13)14-7-6-12(15)5-3-2-4-11(12)9-14/h10-11,15H,2-7,9H2,1H3. The molecular weight excluding hydrogens is 188 g/mol. The van der Waals surface area contributed by atoms with Gasteiger partial charge >= 0.3 is 0 Å². The van der Waals surface area contributed by atoms with Crippen LogP contribution in [0.15, 0.2) is 0 Å². The molecule has 0 aromatic carbocycles. The SMILES string of the molecule is CC(C#N)N1CCC2(O)CCCCC2C1. The molecule has 2 rings (SSSR count). The van der Waals surface area contributed by atoms with E-state index in [-0.39, 0.29) is 6.04 Å². The van der Waals surface area contributed by atoms with Crippen molar-refractivity contribution in [3.63, 3.8) is 0 Å². The number of hydrogen-bond donors (Lipinski definition) is 1. The van der Waals surface area contributed by atoms with Gasteiger partial charge in [-0.1, -0.05) is 12.8 Å². The van der Waals surface area contributed by atoms with E-state index < -0.39 is 5.60 Å². The number of aliphatic hydroxyl groups is 1. The first-order chi connectivity index (χ1) is 7.15. The third-order valence-corrected chi connectivity index (χ3v) is 4.19. The van der Waals surface area contributed by atoms with Gasteiger partial charge < -0.3 is 5.11 Å². The second kappa shape index (κ2) is 4.11. The quantitative estimate of drug-likeness (QED) is 0.711. The van der Waals surface area contributed by atoms with E-state index in [0.29, 0.717) is 5.92 Å². The highest BCUT2D eigenvalue weighted by atomic mass is 16.3. The molecule has 84 valence electrons. The van der Waals surface area contributed by atoms with Crippen LogP contribution in [0.2, 0.25) is 0 Å². The summed E-state index contributed by atoms with van der Waals surface area (Å²) in [6, 6.07) is 2.28. The van der Waals surface area contributed by atoms with Crippen LogP contribution < -0.4 is 0 Å². The maximum atomic E-state index is 10.5. The Morgan fingerprint density at radius 3 is 3.00 bits per heavy atom. The van der Waals surface area contributed by atoms with Crippen molar-refractivity contribution in [2.75, 3.05) is 13.1 Å². The molecule has 0 radical (unpaired) electrons. The first kappa shape index (κ1) is 10.9. The molecule has 3 heteroatoms. The van der Waals surface area contributed by atoms with Gasteiger partial charge in [-0.25, -0.2) is 0 Å². The number of nitriles is 1. The summed E-state index contributed by atoms with van der Waals surface area (Å²) in [6.45, 7) is 3.74. The lowest BCUT2D eigenvalue weighted by Gasteiger charge is -2.48. The van der Waals surface area contributed by atoms with Gasteiger partial charge in [0, 0.05) is 19.0 Å². The summed E-state index contributed by atoms with van der Waals surface area (Å²) in [6.07, 6.45) is 5.35. The highest BCUT2D eigenvalue weighted by Crippen LogP contribution is 2.40. The summed E-state index contributed by atoms with van der Waals surface area (Å²) in [5, 5.41) is 19.3. The zero-order chi connectivity index (χ0) is 10.9. The molecule has 15 heavy (non-hydrogen) atoms. The van der Waals surface area contributed by atoms with E-state index in [4.69, 9.17) is 5.26 Å². The number of fused-ring (bicyclic) bond motifs is 1. The normalized spacial score (nSPS) is 39.1. The van der Waals surface area contributed by atoms with Crippen molar-refractivity contribution in [2.24, 2.45) is 5.92 Å². The van der Waals surface area contributed by atoms with E-state index >= 15 is 0 Å². The molecule has 0 spiro atoms. The number of nitrogens with zero attached hydrogens (tertiary/aromatic N) is 2. The van der Waals surface area contributed by atoms with Crippen molar-refractivity contribution >= 4 is 0 Å². The molecule has 1 aliphatic heterocycles. The molecule has 3 unspecified atom stereocenters. The second-order valence-electron chi connectivity index (χ2n) is 5.10. The fourth-order valence-corrected chi connectivity index (χ4v) is 3.03. The molecule has 0 amide bonds. The summed E-state index contributed by atoms with van der Waals surface area (Å²) in [5.41, 5.74) is -0.413. The highest BCUT2D eigenvalue weighted by Gasteiger charge is 2.43. The number of hydrogen-bond acceptors (Lipinski definition) is 3. The van der Waals surface area contributed by atoms with Crippen LogP contribution in [0.3, 0.4) is 0 Å². The molecule has 2 fully saturated rings. The van der Waals surface area contributed by atoms with Crippen LogP contribution in [0.25, 0.3) is 0 Å². The number of piperidine rings is 1. The van der Waals surface area contributed by atoms with Crippen LogP contribution in [0.5, 0.6) is 0 Å². The third-order valence-electron chi connectivity index (χ3n) is 4.19. The van der Waals surface area contributed by atoms with Crippen molar-refractivity contribution in [3.8, 4) is 6.07 Å². The molecule has 2 aliphatic rings. The molecule has 3 nitrogen and oxygen atoms in total. The van der Waals surface area contributed by atoms with Crippen molar-refractivity contribution in [1.82, 2.24) is 4.90 Å². The third kappa shape index (κ3) is 2.02. The molecule has 1 N–H and O–H groups in total. The van der Waals surface area contributed by atoms with Gasteiger partial charge in [0.05, 0.1) is 17.7 Å². The first-order valence-electron chi connectivity index (χ1n) is 6.02. The lowest BCUT2D eigenvalue weighted by Crippen LogP contribution is -2.54. The minimum atomic E-state index is -0.413. The first-order valence-corrected chi connectivity index (χ1v) is 6.02. The maximum absolute atomic E-state index is 10.5. The monoisotopic (exact) mass is 208 g/mol. The summed E-state index contributed by atoms with van der Waals surface area (Å²) in [7, 11) is 0. The minimum absolute atomic E-state index is 0.00326. The van der Waals surface area contributed by atoms with Crippen LogP contribution in [0.4, 0.5) is 0 Å². The maximum Gasteiger partial charge on any atom is 0.0949 e. The number of likely N-dealkylation sites (tertiary alicyclic amines) is 1. The average Bonchev–Trinajstić information content (AvgIpc) is 2.26. The van der Waals surface area contributed by atoms with Crippen LogP contribution in [0.1, 0.15) is 39.0 Å². The summed E-state index contributed by atoms with van der Waals surface area (Å²) in [5.74, 6) is 0.399. The van der Waals surface area contributed by atoms with E-state index in [1.54, 1.807) is 0 Å². The Hall–Kier alpha value is -0.590. The average molecular weight is 208 g/mol. The molecule has 3 atom stereocenters. The van der Waals surface area contributed by atoms with Crippen molar-refractivity contribution in [1.29, 1.82) is 5.26 Å². The molecule has 1 heterocycles. The van der Waals surface area contributed by atoms with Crippen LogP contribution in [-0.2, 0) is 0 Å². The van der Waals surface area contributed by atoms with E-state index in [1.807, 2.05) is 6.92 Å². The van der Waals surface area contributed by atoms with Gasteiger partial charge in [-0.05, 0) is 26.2 Å². The summed E-state index contributed by atoms with van der Waals surface area (Å²) < 4.78 is 0. The Kier molecular flexibility index (Phi) is 2.99. The Bertz CT molecular complexity index is 273. The zero-order valence-electron chi connectivity index (χ0n) is 9.45. The van der Waals surface area contributed by atoms with Gasteiger partial charge in [-0.15, -0.1) is 0 Å². The lowest BCUT2D eigenvalue weighted by atomic mass is 9.71. The smallest absolute Gasteiger partial charge is 0.0949 e. The topological polar surface area (TPSA) is 47.3 Å². The number of rotatable bonds is 1. The van der Waals surface area contributed by atoms with Crippen molar-refractivity contribution < 1.29 is 5.11 Å². The van der Waals surface area contributed by atoms with Gasteiger partial charge in [0.15, 0.2) is 0 Å². The molecule has 1 saturated carbocycles. The van der Waals surface area contributed by atoms with E-state index in [2.05, 4.69) is 11.0 Å². The van der Waals surface area contributed by atoms with Crippen LogP contribution in [-0.4, -0.2) is 34.7 Å². The molecule has 0 bridgehead atoms. The Balaban J connectivity index is 2.02. The minimum Gasteiger partial charge on any atom is -0.390 e. The predicted octanol–water partition coefficient (Wildman–Crippen LogP) is 1.53. The van der Waals surface area contributed by atoms with Crippen LogP contribution in [0, 0.1) is 17.2 Å². The predicted molar refractivity (Wildman–Crippen MR) is 58.2 cm³/mol. The second-order valence-corrected chi connectivity index (χ2v) is 5.10. The molecular formula is C12H20N2O. The zero-order valence-corrected chi connectivity index (χ0v) is 9.45.